The molecule has 1 unspecified atom stereocenters. The Bertz CT molecular complexity index is 283. The van der Waals surface area contributed by atoms with E-state index >= 15 is 0 Å². The summed E-state index contributed by atoms with van der Waals surface area (Å²) in [6.07, 6.45) is 3.58. The minimum absolute atomic E-state index is 0.277. The first-order chi connectivity index (χ1) is 10.3. The number of aliphatic hydroxyl groups excluding tert-OH is 1. The SMILES string of the molecule is CCCNCC1(CN2CCCN(CCO)CC2)CCOC1. The maximum atomic E-state index is 9.09. The lowest BCUT2D eigenvalue weighted by Gasteiger charge is -2.34. The molecule has 2 aliphatic rings. The monoisotopic (exact) mass is 299 g/mol. The van der Waals surface area contributed by atoms with Crippen molar-refractivity contribution in [2.24, 2.45) is 5.41 Å². The minimum atomic E-state index is 0.277. The van der Waals surface area contributed by atoms with Gasteiger partial charge in [0.25, 0.3) is 0 Å². The predicted octanol–water partition coefficient (Wildman–Crippen LogP) is 0.393. The van der Waals surface area contributed by atoms with E-state index in [4.69, 9.17) is 9.84 Å². The number of ether oxygens (including phenoxy) is 1. The normalized spacial score (nSPS) is 28.9. The number of hydrogen-bond acceptors (Lipinski definition) is 5. The van der Waals surface area contributed by atoms with E-state index < -0.39 is 0 Å². The van der Waals surface area contributed by atoms with Gasteiger partial charge >= 0.3 is 0 Å². The molecule has 0 saturated carbocycles. The van der Waals surface area contributed by atoms with Crippen molar-refractivity contribution >= 4 is 0 Å². The van der Waals surface area contributed by atoms with Gasteiger partial charge in [-0.15, -0.1) is 0 Å². The van der Waals surface area contributed by atoms with Crippen LogP contribution in [0.5, 0.6) is 0 Å². The molecular formula is C16H33N3O2. The van der Waals surface area contributed by atoms with Gasteiger partial charge in [-0.05, 0) is 38.9 Å². The molecule has 0 aromatic rings. The Hall–Kier alpha value is -0.200. The molecule has 2 saturated heterocycles. The standard InChI is InChI=1S/C16H33N3O2/c1-2-5-17-13-16(4-12-21-15-16)14-19-7-3-6-18(8-9-19)10-11-20/h17,20H,2-15H2,1H3. The van der Waals surface area contributed by atoms with Crippen LogP contribution < -0.4 is 5.32 Å². The third-order valence-corrected chi connectivity index (χ3v) is 4.77. The third kappa shape index (κ3) is 5.49. The molecule has 0 radical (unpaired) electrons. The maximum absolute atomic E-state index is 9.09. The Morgan fingerprint density at radius 3 is 2.71 bits per heavy atom. The molecule has 0 spiro atoms. The quantitative estimate of drug-likeness (QED) is 0.635. The first-order valence-corrected chi connectivity index (χ1v) is 8.62. The van der Waals surface area contributed by atoms with Gasteiger partial charge in [0, 0.05) is 44.7 Å². The van der Waals surface area contributed by atoms with E-state index in [0.717, 1.165) is 59.0 Å². The third-order valence-electron chi connectivity index (χ3n) is 4.77. The van der Waals surface area contributed by atoms with Crippen molar-refractivity contribution in [1.29, 1.82) is 0 Å². The Kier molecular flexibility index (Phi) is 7.40. The highest BCUT2D eigenvalue weighted by atomic mass is 16.5. The molecule has 1 atom stereocenters. The van der Waals surface area contributed by atoms with Crippen molar-refractivity contribution in [1.82, 2.24) is 15.1 Å². The first kappa shape index (κ1) is 17.2. The van der Waals surface area contributed by atoms with Crippen molar-refractivity contribution in [3.63, 3.8) is 0 Å². The molecule has 0 aromatic carbocycles. The van der Waals surface area contributed by atoms with Gasteiger partial charge in [0.2, 0.25) is 0 Å². The Labute approximate surface area is 129 Å². The van der Waals surface area contributed by atoms with E-state index in [1.807, 2.05) is 0 Å². The van der Waals surface area contributed by atoms with Crippen molar-refractivity contribution < 1.29 is 9.84 Å². The van der Waals surface area contributed by atoms with Crippen LogP contribution in [0.2, 0.25) is 0 Å². The van der Waals surface area contributed by atoms with Gasteiger partial charge in [-0.3, -0.25) is 4.90 Å². The molecule has 21 heavy (non-hydrogen) atoms. The number of aliphatic hydroxyl groups is 1. The minimum Gasteiger partial charge on any atom is -0.395 e. The van der Waals surface area contributed by atoms with Crippen LogP contribution in [0.3, 0.4) is 0 Å². The summed E-state index contributed by atoms with van der Waals surface area (Å²) in [5, 5.41) is 12.7. The Morgan fingerprint density at radius 1 is 1.19 bits per heavy atom. The van der Waals surface area contributed by atoms with E-state index in [-0.39, 0.29) is 6.61 Å². The highest BCUT2D eigenvalue weighted by Gasteiger charge is 2.36. The molecule has 2 heterocycles. The highest BCUT2D eigenvalue weighted by molar-refractivity contribution is 4.89. The first-order valence-electron chi connectivity index (χ1n) is 8.62. The second-order valence-electron chi connectivity index (χ2n) is 6.67. The van der Waals surface area contributed by atoms with Gasteiger partial charge < -0.3 is 20.1 Å². The summed E-state index contributed by atoms with van der Waals surface area (Å²) < 4.78 is 5.71. The summed E-state index contributed by atoms with van der Waals surface area (Å²) in [6, 6.07) is 0. The van der Waals surface area contributed by atoms with Crippen LogP contribution in [0.1, 0.15) is 26.2 Å². The van der Waals surface area contributed by atoms with Crippen LogP contribution in [0.4, 0.5) is 0 Å². The fraction of sp³-hybridized carbons (Fsp3) is 1.00. The molecule has 0 aliphatic carbocycles. The number of β-amino-alcohol motifs (C(OH)–C–C–N with tert-alkyl or cyclic N) is 1. The topological polar surface area (TPSA) is 48.0 Å². The van der Waals surface area contributed by atoms with Crippen molar-refractivity contribution in [2.75, 3.05) is 72.2 Å². The van der Waals surface area contributed by atoms with E-state index in [0.29, 0.717) is 5.41 Å². The zero-order valence-corrected chi connectivity index (χ0v) is 13.6. The summed E-state index contributed by atoms with van der Waals surface area (Å²) in [7, 11) is 0. The lowest BCUT2D eigenvalue weighted by atomic mass is 9.86. The van der Waals surface area contributed by atoms with E-state index in [2.05, 4.69) is 22.0 Å². The molecule has 0 amide bonds. The number of hydrogen-bond donors (Lipinski definition) is 2. The second kappa shape index (κ2) is 9.06. The average Bonchev–Trinajstić information content (AvgIpc) is 2.82. The molecule has 0 aromatic heterocycles. The van der Waals surface area contributed by atoms with Crippen LogP contribution in [0.15, 0.2) is 0 Å². The van der Waals surface area contributed by atoms with Crippen LogP contribution >= 0.6 is 0 Å². The summed E-state index contributed by atoms with van der Waals surface area (Å²) in [5.41, 5.74) is 0.307. The molecule has 2 N–H and O–H groups in total. The second-order valence-corrected chi connectivity index (χ2v) is 6.67. The summed E-state index contributed by atoms with van der Waals surface area (Å²) in [4.78, 5) is 4.99. The van der Waals surface area contributed by atoms with Crippen molar-refractivity contribution in [2.45, 2.75) is 26.2 Å². The predicted molar refractivity (Wildman–Crippen MR) is 85.6 cm³/mol. The Morgan fingerprint density at radius 2 is 2.00 bits per heavy atom. The fourth-order valence-electron chi connectivity index (χ4n) is 3.52. The lowest BCUT2D eigenvalue weighted by Crippen LogP contribution is -2.46. The molecule has 2 rings (SSSR count). The summed E-state index contributed by atoms with van der Waals surface area (Å²) >= 11 is 0. The van der Waals surface area contributed by atoms with Crippen molar-refractivity contribution in [3.8, 4) is 0 Å². The van der Waals surface area contributed by atoms with Gasteiger partial charge in [0.05, 0.1) is 13.2 Å². The highest BCUT2D eigenvalue weighted by Crippen LogP contribution is 2.29. The maximum Gasteiger partial charge on any atom is 0.0558 e. The fourth-order valence-corrected chi connectivity index (χ4v) is 3.52. The zero-order chi connectivity index (χ0) is 15.0. The van der Waals surface area contributed by atoms with Gasteiger partial charge in [-0.1, -0.05) is 6.92 Å². The van der Waals surface area contributed by atoms with Gasteiger partial charge in [0.15, 0.2) is 0 Å². The van der Waals surface area contributed by atoms with E-state index in [1.165, 1.54) is 25.8 Å². The van der Waals surface area contributed by atoms with Gasteiger partial charge in [-0.25, -0.2) is 0 Å². The molecule has 5 nitrogen and oxygen atoms in total. The Balaban J connectivity index is 1.82. The average molecular weight is 299 g/mol. The molecular weight excluding hydrogens is 266 g/mol. The number of nitrogens with one attached hydrogen (secondary N) is 1. The molecule has 124 valence electrons. The van der Waals surface area contributed by atoms with Crippen LogP contribution in [-0.2, 0) is 4.74 Å². The van der Waals surface area contributed by atoms with E-state index in [1.54, 1.807) is 0 Å². The van der Waals surface area contributed by atoms with Crippen LogP contribution in [0.25, 0.3) is 0 Å². The lowest BCUT2D eigenvalue weighted by molar-refractivity contribution is 0.109. The number of nitrogens with zero attached hydrogens (tertiary/aromatic N) is 2. The molecule has 2 aliphatic heterocycles. The largest absolute Gasteiger partial charge is 0.395 e. The molecule has 0 bridgehead atoms. The van der Waals surface area contributed by atoms with Crippen LogP contribution in [-0.4, -0.2) is 87.1 Å². The number of rotatable bonds is 8. The van der Waals surface area contributed by atoms with Gasteiger partial charge in [0.1, 0.15) is 0 Å². The molecule has 2 fully saturated rings. The molecule has 5 heteroatoms. The van der Waals surface area contributed by atoms with Crippen LogP contribution in [0, 0.1) is 5.41 Å². The van der Waals surface area contributed by atoms with Crippen molar-refractivity contribution in [3.05, 3.63) is 0 Å². The zero-order valence-electron chi connectivity index (χ0n) is 13.6. The smallest absolute Gasteiger partial charge is 0.0558 e. The summed E-state index contributed by atoms with van der Waals surface area (Å²) in [6.45, 7) is 13.0. The van der Waals surface area contributed by atoms with E-state index in [9.17, 15) is 0 Å². The summed E-state index contributed by atoms with van der Waals surface area (Å²) in [5.74, 6) is 0. The van der Waals surface area contributed by atoms with Gasteiger partial charge in [-0.2, -0.15) is 0 Å².